The molecule has 3 nitrogen and oxygen atoms in total. The van der Waals surface area contributed by atoms with Gasteiger partial charge in [0.05, 0.1) is 6.61 Å². The molecule has 0 aliphatic heterocycles. The second kappa shape index (κ2) is 9.42. The number of ether oxygens (including phenoxy) is 2. The first-order valence-electron chi connectivity index (χ1n) is 6.26. The van der Waals surface area contributed by atoms with Crippen LogP contribution < -0.4 is 0 Å². The monoisotopic (exact) mass is 248 g/mol. The molecule has 0 N–H and O–H groups in total. The molecule has 0 spiro atoms. The van der Waals surface area contributed by atoms with E-state index in [4.69, 9.17) is 9.47 Å². The predicted molar refractivity (Wildman–Crippen MR) is 70.9 cm³/mol. The van der Waals surface area contributed by atoms with Gasteiger partial charge in [0.15, 0.2) is 18.8 Å². The van der Waals surface area contributed by atoms with Gasteiger partial charge in [-0.1, -0.05) is 43.7 Å². The number of allylic oxidation sites excluding steroid dienone is 2. The van der Waals surface area contributed by atoms with Crippen LogP contribution >= 0.6 is 0 Å². The van der Waals surface area contributed by atoms with Gasteiger partial charge >= 0.3 is 0 Å². The fourth-order valence-corrected chi connectivity index (χ4v) is 1.43. The molecule has 18 heavy (non-hydrogen) atoms. The highest BCUT2D eigenvalue weighted by Crippen LogP contribution is 2.03. The standard InChI is InChI=1S/C15H20O3/c1-2-3-5-10-15(11-16)18-13-17-12-14-8-6-4-7-9-14/h4,6-11H,2-3,5,12-13H2,1H3. The molecule has 1 rings (SSSR count). The van der Waals surface area contributed by atoms with Gasteiger partial charge in [0.1, 0.15) is 0 Å². The number of hydrogen-bond donors (Lipinski definition) is 0. The Bertz CT molecular complexity index is 357. The number of carbonyl (C=O) groups excluding carboxylic acids is 1. The first-order chi connectivity index (χ1) is 8.86. The largest absolute Gasteiger partial charge is 0.464 e. The van der Waals surface area contributed by atoms with Gasteiger partial charge in [-0.05, 0) is 24.5 Å². The SMILES string of the molecule is CCCCC=C(C=O)OCOCc1ccccc1. The molecule has 0 saturated heterocycles. The summed E-state index contributed by atoms with van der Waals surface area (Å²) >= 11 is 0. The molecular weight excluding hydrogens is 228 g/mol. The lowest BCUT2D eigenvalue weighted by Crippen LogP contribution is -2.01. The van der Waals surface area contributed by atoms with E-state index in [1.807, 2.05) is 36.4 Å². The molecule has 0 aliphatic rings. The van der Waals surface area contributed by atoms with Crippen LogP contribution in [0.3, 0.4) is 0 Å². The van der Waals surface area contributed by atoms with E-state index < -0.39 is 0 Å². The van der Waals surface area contributed by atoms with Crippen LogP contribution in [-0.2, 0) is 20.9 Å². The Balaban J connectivity index is 2.19. The Kier molecular flexibility index (Phi) is 7.57. The summed E-state index contributed by atoms with van der Waals surface area (Å²) in [4.78, 5) is 10.7. The highest BCUT2D eigenvalue weighted by molar-refractivity contribution is 5.69. The van der Waals surface area contributed by atoms with Crippen LogP contribution in [0, 0.1) is 0 Å². The van der Waals surface area contributed by atoms with Gasteiger partial charge in [-0.25, -0.2) is 0 Å². The fourth-order valence-electron chi connectivity index (χ4n) is 1.43. The lowest BCUT2D eigenvalue weighted by Gasteiger charge is -2.06. The van der Waals surface area contributed by atoms with Gasteiger partial charge in [-0.2, -0.15) is 0 Å². The quantitative estimate of drug-likeness (QED) is 0.221. The van der Waals surface area contributed by atoms with Gasteiger partial charge in [0, 0.05) is 0 Å². The number of rotatable bonds is 9. The van der Waals surface area contributed by atoms with E-state index in [0.29, 0.717) is 12.4 Å². The van der Waals surface area contributed by atoms with Gasteiger partial charge in [-0.15, -0.1) is 0 Å². The van der Waals surface area contributed by atoms with E-state index in [0.717, 1.165) is 31.1 Å². The van der Waals surface area contributed by atoms with Crippen LogP contribution in [0.15, 0.2) is 42.2 Å². The maximum absolute atomic E-state index is 10.7. The van der Waals surface area contributed by atoms with Crippen LogP contribution in [0.1, 0.15) is 31.7 Å². The molecule has 0 bridgehead atoms. The Labute approximate surface area is 108 Å². The highest BCUT2D eigenvalue weighted by Gasteiger charge is 1.96. The Morgan fingerprint density at radius 1 is 1.28 bits per heavy atom. The van der Waals surface area contributed by atoms with E-state index >= 15 is 0 Å². The van der Waals surface area contributed by atoms with E-state index in [2.05, 4.69) is 6.92 Å². The second-order valence-electron chi connectivity index (χ2n) is 3.96. The van der Waals surface area contributed by atoms with Crippen molar-refractivity contribution in [2.45, 2.75) is 32.8 Å². The molecule has 98 valence electrons. The number of hydrogen-bond acceptors (Lipinski definition) is 3. The van der Waals surface area contributed by atoms with E-state index in [1.54, 1.807) is 0 Å². The van der Waals surface area contributed by atoms with Crippen LogP contribution in [0.4, 0.5) is 0 Å². The fraction of sp³-hybridized carbons (Fsp3) is 0.400. The summed E-state index contributed by atoms with van der Waals surface area (Å²) in [7, 11) is 0. The lowest BCUT2D eigenvalue weighted by atomic mass is 10.2. The first-order valence-corrected chi connectivity index (χ1v) is 6.26. The van der Waals surface area contributed by atoms with Crippen molar-refractivity contribution in [1.82, 2.24) is 0 Å². The van der Waals surface area contributed by atoms with Gasteiger partial charge in [-0.3, -0.25) is 4.79 Å². The van der Waals surface area contributed by atoms with Gasteiger partial charge in [0.2, 0.25) is 0 Å². The van der Waals surface area contributed by atoms with Crippen molar-refractivity contribution in [3.8, 4) is 0 Å². The Morgan fingerprint density at radius 3 is 2.72 bits per heavy atom. The van der Waals surface area contributed by atoms with Gasteiger partial charge < -0.3 is 9.47 Å². The van der Waals surface area contributed by atoms with Crippen molar-refractivity contribution < 1.29 is 14.3 Å². The molecule has 0 unspecified atom stereocenters. The minimum Gasteiger partial charge on any atom is -0.464 e. The molecule has 0 atom stereocenters. The maximum atomic E-state index is 10.7. The Morgan fingerprint density at radius 2 is 2.06 bits per heavy atom. The van der Waals surface area contributed by atoms with Crippen molar-refractivity contribution >= 4 is 6.29 Å². The average molecular weight is 248 g/mol. The third-order valence-corrected chi connectivity index (χ3v) is 2.44. The zero-order valence-electron chi connectivity index (χ0n) is 10.8. The molecule has 0 radical (unpaired) electrons. The van der Waals surface area contributed by atoms with Crippen molar-refractivity contribution in [2.24, 2.45) is 0 Å². The predicted octanol–water partition coefficient (Wildman–Crippen LogP) is 3.45. The molecule has 3 heteroatoms. The van der Waals surface area contributed by atoms with Crippen LogP contribution in [0.25, 0.3) is 0 Å². The van der Waals surface area contributed by atoms with Crippen LogP contribution in [0.5, 0.6) is 0 Å². The zero-order valence-corrected chi connectivity index (χ0v) is 10.8. The summed E-state index contributed by atoms with van der Waals surface area (Å²) in [6.45, 7) is 2.70. The summed E-state index contributed by atoms with van der Waals surface area (Å²) in [5.41, 5.74) is 1.09. The zero-order chi connectivity index (χ0) is 13.1. The summed E-state index contributed by atoms with van der Waals surface area (Å²) < 4.78 is 10.6. The molecule has 0 saturated carbocycles. The number of carbonyl (C=O) groups is 1. The highest BCUT2D eigenvalue weighted by atomic mass is 16.7. The van der Waals surface area contributed by atoms with Crippen LogP contribution in [-0.4, -0.2) is 13.1 Å². The summed E-state index contributed by atoms with van der Waals surface area (Å²) in [6.07, 6.45) is 5.56. The normalized spacial score (nSPS) is 11.3. The van der Waals surface area contributed by atoms with Crippen molar-refractivity contribution in [2.75, 3.05) is 6.79 Å². The van der Waals surface area contributed by atoms with Crippen LogP contribution in [0.2, 0.25) is 0 Å². The molecule has 0 fully saturated rings. The average Bonchev–Trinajstić information content (AvgIpc) is 2.43. The Hall–Kier alpha value is -1.61. The molecule has 1 aromatic carbocycles. The molecule has 0 aliphatic carbocycles. The molecular formula is C15H20O3. The number of aldehydes is 1. The smallest absolute Gasteiger partial charge is 0.189 e. The summed E-state index contributed by atoms with van der Waals surface area (Å²) in [6, 6.07) is 9.85. The van der Waals surface area contributed by atoms with Gasteiger partial charge in [0.25, 0.3) is 0 Å². The van der Waals surface area contributed by atoms with Crippen molar-refractivity contribution in [3.63, 3.8) is 0 Å². The minimum absolute atomic E-state index is 0.103. The summed E-state index contributed by atoms with van der Waals surface area (Å²) in [5, 5.41) is 0. The molecule has 0 heterocycles. The number of benzene rings is 1. The third-order valence-electron chi connectivity index (χ3n) is 2.44. The van der Waals surface area contributed by atoms with E-state index in [9.17, 15) is 4.79 Å². The second-order valence-corrected chi connectivity index (χ2v) is 3.96. The molecule has 0 aromatic heterocycles. The van der Waals surface area contributed by atoms with Crippen molar-refractivity contribution in [3.05, 3.63) is 47.7 Å². The molecule has 0 amide bonds. The summed E-state index contributed by atoms with van der Waals surface area (Å²) in [5.74, 6) is 0.358. The number of unbranched alkanes of at least 4 members (excludes halogenated alkanes) is 2. The third kappa shape index (κ3) is 6.21. The topological polar surface area (TPSA) is 35.5 Å². The maximum Gasteiger partial charge on any atom is 0.189 e. The van der Waals surface area contributed by atoms with E-state index in [-0.39, 0.29) is 6.79 Å². The minimum atomic E-state index is 0.103. The van der Waals surface area contributed by atoms with E-state index in [1.165, 1.54) is 0 Å². The van der Waals surface area contributed by atoms with Crippen molar-refractivity contribution in [1.29, 1.82) is 0 Å². The lowest BCUT2D eigenvalue weighted by molar-refractivity contribution is -0.111. The first kappa shape index (κ1) is 14.5. The molecule has 1 aromatic rings.